The van der Waals surface area contributed by atoms with E-state index < -0.39 is 12.1 Å². The van der Waals surface area contributed by atoms with Crippen molar-refractivity contribution in [2.24, 2.45) is 0 Å². The Morgan fingerprint density at radius 2 is 1.66 bits per heavy atom. The number of carbonyl (C=O) groups is 3. The van der Waals surface area contributed by atoms with E-state index in [1.165, 1.54) is 23.1 Å². The second-order valence-corrected chi connectivity index (χ2v) is 7.79. The molecule has 1 aliphatic carbocycles. The number of carbonyl (C=O) groups excluding carboxylic acids is 2. The van der Waals surface area contributed by atoms with Crippen LogP contribution in [0, 0.1) is 0 Å². The van der Waals surface area contributed by atoms with Gasteiger partial charge in [-0.3, -0.25) is 9.69 Å². The minimum atomic E-state index is -1.11. The first-order valence-corrected chi connectivity index (χ1v) is 10.3. The van der Waals surface area contributed by atoms with Gasteiger partial charge in [0.1, 0.15) is 6.61 Å². The van der Waals surface area contributed by atoms with E-state index >= 15 is 0 Å². The van der Waals surface area contributed by atoms with Crippen molar-refractivity contribution in [2.45, 2.75) is 12.3 Å². The van der Waals surface area contributed by atoms with E-state index in [2.05, 4.69) is 17.4 Å². The lowest BCUT2D eigenvalue weighted by Crippen LogP contribution is -2.33. The predicted octanol–water partition coefficient (Wildman–Crippen LogP) is 4.48. The summed E-state index contributed by atoms with van der Waals surface area (Å²) in [6.07, 6.45) is -0.492. The second-order valence-electron chi connectivity index (χ2n) is 7.79. The molecule has 1 aliphatic heterocycles. The van der Waals surface area contributed by atoms with E-state index in [0.717, 1.165) is 22.3 Å². The summed E-state index contributed by atoms with van der Waals surface area (Å²) < 4.78 is 5.74. The molecule has 0 atom stereocenters. The average Bonchev–Trinajstić information content (AvgIpc) is 3.01. The van der Waals surface area contributed by atoms with Crippen LogP contribution in [0.15, 0.2) is 66.7 Å². The van der Waals surface area contributed by atoms with Gasteiger partial charge >= 0.3 is 12.1 Å². The molecule has 160 valence electrons. The largest absolute Gasteiger partial charge is 0.478 e. The summed E-state index contributed by atoms with van der Waals surface area (Å²) in [6.45, 7) is 0.301. The highest BCUT2D eigenvalue weighted by Crippen LogP contribution is 2.44. The number of ether oxygens (including phenoxy) is 1. The van der Waals surface area contributed by atoms with Crippen molar-refractivity contribution in [3.8, 4) is 11.1 Å². The fourth-order valence-electron chi connectivity index (χ4n) is 4.41. The lowest BCUT2D eigenvalue weighted by atomic mass is 9.98. The van der Waals surface area contributed by atoms with Gasteiger partial charge in [0, 0.05) is 18.9 Å². The highest BCUT2D eigenvalue weighted by Gasteiger charge is 2.31. The number of nitrogens with zero attached hydrogens (tertiary/aromatic N) is 1. The van der Waals surface area contributed by atoms with E-state index in [1.807, 2.05) is 36.4 Å². The molecule has 32 heavy (non-hydrogen) atoms. The molecule has 0 unspecified atom stereocenters. The van der Waals surface area contributed by atoms with Crippen LogP contribution in [0.5, 0.6) is 0 Å². The van der Waals surface area contributed by atoms with Crippen molar-refractivity contribution in [1.29, 1.82) is 0 Å². The maximum atomic E-state index is 13.1. The van der Waals surface area contributed by atoms with Gasteiger partial charge in [-0.1, -0.05) is 48.5 Å². The molecule has 2 N–H and O–H groups in total. The molecule has 0 saturated heterocycles. The Bertz CT molecular complexity index is 1210. The van der Waals surface area contributed by atoms with Crippen molar-refractivity contribution in [1.82, 2.24) is 0 Å². The molecule has 5 rings (SSSR count). The predicted molar refractivity (Wildman–Crippen MR) is 119 cm³/mol. The number of benzene rings is 3. The molecule has 0 spiro atoms. The van der Waals surface area contributed by atoms with Gasteiger partial charge < -0.3 is 15.2 Å². The Hall–Kier alpha value is -4.13. The minimum Gasteiger partial charge on any atom is -0.478 e. The third-order valence-corrected chi connectivity index (χ3v) is 5.93. The van der Waals surface area contributed by atoms with E-state index in [4.69, 9.17) is 4.74 Å². The quantitative estimate of drug-likeness (QED) is 0.641. The van der Waals surface area contributed by atoms with Gasteiger partial charge in [0.15, 0.2) is 0 Å². The van der Waals surface area contributed by atoms with Crippen molar-refractivity contribution in [3.05, 3.63) is 83.4 Å². The Balaban J connectivity index is 1.40. The summed E-state index contributed by atoms with van der Waals surface area (Å²) in [4.78, 5) is 37.9. The van der Waals surface area contributed by atoms with Gasteiger partial charge in [0.2, 0.25) is 5.91 Å². The van der Waals surface area contributed by atoms with Crippen LogP contribution in [-0.4, -0.2) is 36.2 Å². The standard InChI is InChI=1S/C25H20N2O5/c28-23-11-12-27(22-10-9-15(24(29)30)13-21(22)26-23)25(31)32-14-20-18-7-3-1-5-16(18)17-6-2-4-8-19(17)20/h1-10,13,20H,11-12,14H2,(H,26,28)(H,29,30). The maximum Gasteiger partial charge on any atom is 0.414 e. The van der Waals surface area contributed by atoms with E-state index in [1.54, 1.807) is 0 Å². The van der Waals surface area contributed by atoms with Gasteiger partial charge in [-0.25, -0.2) is 9.59 Å². The summed E-state index contributed by atoms with van der Waals surface area (Å²) in [6, 6.07) is 20.4. The summed E-state index contributed by atoms with van der Waals surface area (Å²) in [5, 5.41) is 11.9. The third-order valence-electron chi connectivity index (χ3n) is 5.93. The molecule has 2 aliphatic rings. The Morgan fingerprint density at radius 3 is 2.31 bits per heavy atom. The van der Waals surface area contributed by atoms with Crippen LogP contribution < -0.4 is 10.2 Å². The zero-order valence-corrected chi connectivity index (χ0v) is 17.1. The smallest absolute Gasteiger partial charge is 0.414 e. The normalized spacial score (nSPS) is 14.6. The van der Waals surface area contributed by atoms with Crippen LogP contribution >= 0.6 is 0 Å². The fourth-order valence-corrected chi connectivity index (χ4v) is 4.41. The van der Waals surface area contributed by atoms with Gasteiger partial charge in [-0.05, 0) is 40.5 Å². The van der Waals surface area contributed by atoms with E-state index in [0.29, 0.717) is 5.69 Å². The lowest BCUT2D eigenvalue weighted by Gasteiger charge is -2.23. The Morgan fingerprint density at radius 1 is 1.00 bits per heavy atom. The Kier molecular flexibility index (Phi) is 4.86. The monoisotopic (exact) mass is 428 g/mol. The number of rotatable bonds is 3. The topological polar surface area (TPSA) is 95.9 Å². The molecule has 2 amide bonds. The molecule has 0 fully saturated rings. The van der Waals surface area contributed by atoms with Crippen LogP contribution in [0.25, 0.3) is 11.1 Å². The molecule has 1 heterocycles. The van der Waals surface area contributed by atoms with Gasteiger partial charge in [-0.2, -0.15) is 0 Å². The number of anilines is 2. The van der Waals surface area contributed by atoms with E-state index in [-0.39, 0.29) is 42.6 Å². The number of carboxylic acids is 1. The number of nitrogens with one attached hydrogen (secondary N) is 1. The maximum absolute atomic E-state index is 13.1. The number of amides is 2. The molecule has 7 nitrogen and oxygen atoms in total. The molecule has 0 bridgehead atoms. The summed E-state index contributed by atoms with van der Waals surface area (Å²) >= 11 is 0. The molecule has 3 aromatic carbocycles. The summed E-state index contributed by atoms with van der Waals surface area (Å²) in [5.74, 6) is -1.48. The minimum absolute atomic E-state index is 0.0263. The number of fused-ring (bicyclic) bond motifs is 4. The number of aromatic carboxylic acids is 1. The van der Waals surface area contributed by atoms with Crippen LogP contribution in [0.4, 0.5) is 16.2 Å². The second kappa shape index (κ2) is 7.85. The molecular weight excluding hydrogens is 408 g/mol. The lowest BCUT2D eigenvalue weighted by molar-refractivity contribution is -0.115. The first kappa shape index (κ1) is 19.8. The number of hydrogen-bond donors (Lipinski definition) is 2. The molecule has 0 aromatic heterocycles. The van der Waals surface area contributed by atoms with Crippen molar-refractivity contribution in [3.63, 3.8) is 0 Å². The first-order chi connectivity index (χ1) is 15.5. The Labute approximate surface area is 184 Å². The molecular formula is C25H20N2O5. The highest BCUT2D eigenvalue weighted by molar-refractivity contribution is 6.03. The van der Waals surface area contributed by atoms with Crippen LogP contribution in [0.3, 0.4) is 0 Å². The third kappa shape index (κ3) is 3.37. The molecule has 3 aromatic rings. The zero-order chi connectivity index (χ0) is 22.2. The van der Waals surface area contributed by atoms with Crippen LogP contribution in [-0.2, 0) is 9.53 Å². The number of hydrogen-bond acceptors (Lipinski definition) is 4. The SMILES string of the molecule is O=C1CCN(C(=O)OCC2c3ccccc3-c3ccccc32)c2ccc(C(=O)O)cc2N1. The molecule has 0 saturated carbocycles. The van der Waals surface area contributed by atoms with E-state index in [9.17, 15) is 19.5 Å². The van der Waals surface area contributed by atoms with Crippen LogP contribution in [0.2, 0.25) is 0 Å². The van der Waals surface area contributed by atoms with Crippen molar-refractivity contribution < 1.29 is 24.2 Å². The summed E-state index contributed by atoms with van der Waals surface area (Å²) in [5.41, 5.74) is 5.22. The number of carboxylic acid groups (broad SMARTS) is 1. The average molecular weight is 428 g/mol. The molecule has 7 heteroatoms. The first-order valence-electron chi connectivity index (χ1n) is 10.3. The molecule has 0 radical (unpaired) electrons. The van der Waals surface area contributed by atoms with Crippen molar-refractivity contribution >= 4 is 29.3 Å². The summed E-state index contributed by atoms with van der Waals surface area (Å²) in [7, 11) is 0. The zero-order valence-electron chi connectivity index (χ0n) is 17.1. The van der Waals surface area contributed by atoms with Gasteiger partial charge in [0.05, 0.1) is 16.9 Å². The fraction of sp³-hybridized carbons (Fsp3) is 0.160. The van der Waals surface area contributed by atoms with Gasteiger partial charge in [0.25, 0.3) is 0 Å². The van der Waals surface area contributed by atoms with Crippen LogP contribution in [0.1, 0.15) is 33.8 Å². The van der Waals surface area contributed by atoms with Crippen molar-refractivity contribution in [2.75, 3.05) is 23.4 Å². The highest BCUT2D eigenvalue weighted by atomic mass is 16.6. The van der Waals surface area contributed by atoms with Gasteiger partial charge in [-0.15, -0.1) is 0 Å².